The first-order valence-corrected chi connectivity index (χ1v) is 9.55. The molecule has 0 aromatic carbocycles. The van der Waals surface area contributed by atoms with Crippen molar-refractivity contribution in [3.8, 4) is 0 Å². The van der Waals surface area contributed by atoms with Crippen molar-refractivity contribution in [1.29, 1.82) is 0 Å². The fraction of sp³-hybridized carbons (Fsp3) is 0. The van der Waals surface area contributed by atoms with E-state index < -0.39 is 0 Å². The Bertz CT molecular complexity index is 63.0. The van der Waals surface area contributed by atoms with Crippen molar-refractivity contribution in [2.75, 3.05) is 0 Å². The Morgan fingerprint density at radius 3 is 2.80 bits per heavy atom. The number of hydrogen-bond donors (Lipinski definition) is 0. The first-order chi connectivity index (χ1) is 2.50. The van der Waals surface area contributed by atoms with Crippen LogP contribution in [0.15, 0.2) is 10.9 Å². The van der Waals surface area contributed by atoms with Crippen LogP contribution in [0.1, 0.15) is 0 Å². The summed E-state index contributed by atoms with van der Waals surface area (Å²) in [5, 5.41) is 0. The maximum absolute atomic E-state index is 2.35. The molecule has 5 heavy (non-hydrogen) atoms. The van der Waals surface area contributed by atoms with E-state index in [-0.39, 0.29) is 0 Å². The second-order valence-electron chi connectivity index (χ2n) is 0.766. The van der Waals surface area contributed by atoms with Crippen molar-refractivity contribution in [2.24, 2.45) is 0 Å². The van der Waals surface area contributed by atoms with Gasteiger partial charge in [0.15, 0.2) is 0 Å². The molecule has 0 aromatic heterocycles. The molecule has 0 fully saturated rings. The SMILES string of the molecule is C1=C[AsH][As]=C1. The van der Waals surface area contributed by atoms with E-state index in [1.807, 2.05) is 0 Å². The van der Waals surface area contributed by atoms with Gasteiger partial charge in [-0.25, -0.2) is 0 Å². The van der Waals surface area contributed by atoms with E-state index in [2.05, 4.69) is 15.7 Å². The summed E-state index contributed by atoms with van der Waals surface area (Å²) in [4.78, 5) is 4.68. The normalized spacial score (nSPS) is 25.6. The van der Waals surface area contributed by atoms with Crippen molar-refractivity contribution in [3.63, 3.8) is 0 Å². The molecule has 0 radical (unpaired) electrons. The summed E-state index contributed by atoms with van der Waals surface area (Å²) in [5.41, 5.74) is 0. The van der Waals surface area contributed by atoms with Crippen LogP contribution in [0.25, 0.3) is 0 Å². The van der Waals surface area contributed by atoms with Crippen molar-refractivity contribution in [2.45, 2.75) is 0 Å². The van der Waals surface area contributed by atoms with Gasteiger partial charge in [0.25, 0.3) is 0 Å². The molecule has 1 heterocycles. The topological polar surface area (TPSA) is 0 Å². The summed E-state index contributed by atoms with van der Waals surface area (Å²) in [6.07, 6.45) is 2.21. The molecule has 0 saturated heterocycles. The molecule has 1 unspecified atom stereocenters. The molecule has 0 aliphatic carbocycles. The summed E-state index contributed by atoms with van der Waals surface area (Å²) >= 11 is 1.24. The van der Waals surface area contributed by atoms with Crippen LogP contribution in [0.3, 0.4) is 0 Å². The Hall–Kier alpha value is 0.727. The summed E-state index contributed by atoms with van der Waals surface area (Å²) in [6.45, 7) is 0. The van der Waals surface area contributed by atoms with Crippen LogP contribution in [0, 0.1) is 0 Å². The van der Waals surface area contributed by atoms with Crippen molar-refractivity contribution in [1.82, 2.24) is 0 Å². The maximum atomic E-state index is 2.35. The molecule has 0 saturated carbocycles. The van der Waals surface area contributed by atoms with E-state index in [9.17, 15) is 0 Å². The van der Waals surface area contributed by atoms with E-state index in [4.69, 9.17) is 0 Å². The van der Waals surface area contributed by atoms with Crippen LogP contribution in [0.2, 0.25) is 0 Å². The minimum atomic E-state index is 0.497. The molecular formula is C3H4As2. The fourth-order valence-corrected chi connectivity index (χ4v) is 5.81. The number of allylic oxidation sites excluding steroid dienone is 1. The van der Waals surface area contributed by atoms with Gasteiger partial charge in [-0.15, -0.1) is 0 Å². The van der Waals surface area contributed by atoms with Crippen LogP contribution >= 0.6 is 0 Å². The molecule has 0 aromatic rings. The van der Waals surface area contributed by atoms with Crippen molar-refractivity contribution >= 4 is 31.7 Å². The second kappa shape index (κ2) is 2.00. The van der Waals surface area contributed by atoms with Gasteiger partial charge in [-0.3, -0.25) is 0 Å². The van der Waals surface area contributed by atoms with Gasteiger partial charge in [0.1, 0.15) is 0 Å². The summed E-state index contributed by atoms with van der Waals surface area (Å²) in [7, 11) is 0. The Morgan fingerprint density at radius 1 is 1.60 bits per heavy atom. The Kier molecular flexibility index (Phi) is 1.56. The van der Waals surface area contributed by atoms with Crippen molar-refractivity contribution in [3.05, 3.63) is 10.9 Å². The summed E-state index contributed by atoms with van der Waals surface area (Å²) in [5.74, 6) is 0. The van der Waals surface area contributed by atoms with Gasteiger partial charge in [-0.2, -0.15) is 0 Å². The predicted octanol–water partition coefficient (Wildman–Crippen LogP) is -0.628. The quantitative estimate of drug-likeness (QED) is 0.446. The molecule has 0 N–H and O–H groups in total. The first kappa shape index (κ1) is 3.90. The molecule has 1 atom stereocenters. The van der Waals surface area contributed by atoms with Crippen LogP contribution in [-0.4, -0.2) is 31.7 Å². The molecule has 1 aliphatic rings. The van der Waals surface area contributed by atoms with Crippen LogP contribution < -0.4 is 0 Å². The average Bonchev–Trinajstić information content (AvgIpc) is 1.76. The monoisotopic (exact) mass is 190 g/mol. The molecule has 0 amide bonds. The van der Waals surface area contributed by atoms with Crippen LogP contribution in [0.4, 0.5) is 0 Å². The van der Waals surface area contributed by atoms with Gasteiger partial charge in [0.2, 0.25) is 0 Å². The fourth-order valence-electron chi connectivity index (χ4n) is 0.215. The zero-order chi connectivity index (χ0) is 3.54. The Morgan fingerprint density at radius 2 is 2.60 bits per heavy atom. The standard InChI is InChI=1S/C3H4As2/c1-2-4-5-3-1/h1-4H. The second-order valence-corrected chi connectivity index (χ2v) is 8.80. The number of rotatable bonds is 0. The zero-order valence-corrected chi connectivity index (χ0v) is 6.65. The van der Waals surface area contributed by atoms with E-state index in [1.165, 1.54) is 0 Å². The third-order valence-electron chi connectivity index (χ3n) is 0.406. The van der Waals surface area contributed by atoms with Gasteiger partial charge in [0, 0.05) is 0 Å². The molecular weight excluding hydrogens is 186 g/mol. The zero-order valence-electron chi connectivity index (χ0n) is 2.68. The Balaban J connectivity index is 2.61. The number of hydrogen-bond acceptors (Lipinski definition) is 0. The van der Waals surface area contributed by atoms with E-state index in [0.29, 0.717) is 13.7 Å². The van der Waals surface area contributed by atoms with E-state index >= 15 is 0 Å². The van der Waals surface area contributed by atoms with Gasteiger partial charge < -0.3 is 0 Å². The minimum absolute atomic E-state index is 0.497. The molecule has 1 rings (SSSR count). The van der Waals surface area contributed by atoms with E-state index in [0.717, 1.165) is 13.2 Å². The molecule has 1 aliphatic heterocycles. The molecule has 0 spiro atoms. The molecule has 2 heteroatoms. The third-order valence-corrected chi connectivity index (χ3v) is 6.98. The van der Waals surface area contributed by atoms with Gasteiger partial charge in [-0.05, 0) is 0 Å². The van der Waals surface area contributed by atoms with Crippen molar-refractivity contribution < 1.29 is 0 Å². The summed E-state index contributed by atoms with van der Waals surface area (Å²) in [6, 6.07) is 0. The molecule has 0 bridgehead atoms. The van der Waals surface area contributed by atoms with Gasteiger partial charge >= 0.3 is 42.7 Å². The molecule has 26 valence electrons. The molecule has 0 nitrogen and oxygen atoms in total. The van der Waals surface area contributed by atoms with Crippen LogP contribution in [0.5, 0.6) is 0 Å². The third kappa shape index (κ3) is 1.07. The predicted molar refractivity (Wildman–Crippen MR) is 28.1 cm³/mol. The van der Waals surface area contributed by atoms with Gasteiger partial charge in [-0.1, -0.05) is 0 Å². The Labute approximate surface area is 42.8 Å². The van der Waals surface area contributed by atoms with Crippen LogP contribution in [-0.2, 0) is 0 Å². The van der Waals surface area contributed by atoms with Gasteiger partial charge in [0.05, 0.1) is 0 Å². The first-order valence-electron chi connectivity index (χ1n) is 1.44. The average molecular weight is 190 g/mol. The van der Waals surface area contributed by atoms with E-state index in [1.54, 1.807) is 0 Å². The summed E-state index contributed by atoms with van der Waals surface area (Å²) < 4.78 is 0.